The van der Waals surface area contributed by atoms with E-state index in [-0.39, 0.29) is 5.92 Å². The Labute approximate surface area is 125 Å². The number of nitrogens with one attached hydrogen (secondary N) is 1. The molecule has 0 aliphatic heterocycles. The molecule has 0 heterocycles. The summed E-state index contributed by atoms with van der Waals surface area (Å²) in [4.78, 5) is 22.0. The molecule has 2 atom stereocenters. The number of alkyl carbamates (subject to hydrolysis) is 1. The van der Waals surface area contributed by atoms with E-state index in [0.29, 0.717) is 32.4 Å². The van der Waals surface area contributed by atoms with Crippen LogP contribution in [0.3, 0.4) is 0 Å². The third kappa shape index (κ3) is 6.94. The van der Waals surface area contributed by atoms with Crippen molar-refractivity contribution in [2.75, 3.05) is 13.2 Å². The second-order valence-electron chi connectivity index (χ2n) is 5.24. The first-order chi connectivity index (χ1) is 10.0. The molecule has 1 aliphatic carbocycles. The van der Waals surface area contributed by atoms with Crippen LogP contribution in [0, 0.1) is 5.92 Å². The maximum absolute atomic E-state index is 11.5. The molecule has 1 unspecified atom stereocenters. The topological polar surface area (TPSA) is 102 Å². The van der Waals surface area contributed by atoms with Gasteiger partial charge in [-0.05, 0) is 25.7 Å². The SMILES string of the molecule is CC(COC(=O)NCCCC[C@H](N)C(=O)O)C1=CC=CC1. The summed E-state index contributed by atoms with van der Waals surface area (Å²) in [6.45, 7) is 2.85. The van der Waals surface area contributed by atoms with Crippen molar-refractivity contribution >= 4 is 12.1 Å². The van der Waals surface area contributed by atoms with Crippen LogP contribution in [0.5, 0.6) is 0 Å². The molecule has 6 nitrogen and oxygen atoms in total. The lowest BCUT2D eigenvalue weighted by Gasteiger charge is -2.14. The van der Waals surface area contributed by atoms with E-state index in [1.54, 1.807) is 0 Å². The minimum atomic E-state index is -0.993. The quantitative estimate of drug-likeness (QED) is 0.563. The van der Waals surface area contributed by atoms with Crippen LogP contribution in [0.4, 0.5) is 4.79 Å². The largest absolute Gasteiger partial charge is 0.480 e. The number of carboxylic acids is 1. The van der Waals surface area contributed by atoms with Crippen molar-refractivity contribution in [3.63, 3.8) is 0 Å². The zero-order chi connectivity index (χ0) is 15.7. The molecule has 118 valence electrons. The number of carbonyl (C=O) groups excluding carboxylic acids is 1. The first-order valence-corrected chi connectivity index (χ1v) is 7.25. The van der Waals surface area contributed by atoms with E-state index in [1.807, 2.05) is 13.0 Å². The molecule has 1 amide bonds. The zero-order valence-corrected chi connectivity index (χ0v) is 12.4. The number of hydrogen-bond donors (Lipinski definition) is 3. The van der Waals surface area contributed by atoms with Crippen LogP contribution in [0.2, 0.25) is 0 Å². The Bertz CT molecular complexity index is 418. The van der Waals surface area contributed by atoms with Gasteiger partial charge in [0.15, 0.2) is 0 Å². The maximum Gasteiger partial charge on any atom is 0.407 e. The summed E-state index contributed by atoms with van der Waals surface area (Å²) in [7, 11) is 0. The third-order valence-corrected chi connectivity index (χ3v) is 3.43. The molecule has 0 bridgehead atoms. The number of rotatable bonds is 9. The molecule has 21 heavy (non-hydrogen) atoms. The van der Waals surface area contributed by atoms with Crippen LogP contribution in [0.1, 0.15) is 32.6 Å². The molecule has 0 saturated carbocycles. The Balaban J connectivity index is 2.02. The fourth-order valence-electron chi connectivity index (χ4n) is 1.99. The molecule has 6 heteroatoms. The highest BCUT2D eigenvalue weighted by Crippen LogP contribution is 2.19. The lowest BCUT2D eigenvalue weighted by atomic mass is 10.0. The van der Waals surface area contributed by atoms with Gasteiger partial charge in [-0.3, -0.25) is 4.79 Å². The van der Waals surface area contributed by atoms with Crippen LogP contribution in [0.15, 0.2) is 23.8 Å². The van der Waals surface area contributed by atoms with Crippen molar-refractivity contribution in [2.45, 2.75) is 38.6 Å². The summed E-state index contributed by atoms with van der Waals surface area (Å²) in [5.41, 5.74) is 6.65. The second kappa shape index (κ2) is 9.18. The van der Waals surface area contributed by atoms with Crippen LogP contribution in [-0.2, 0) is 9.53 Å². The lowest BCUT2D eigenvalue weighted by molar-refractivity contribution is -0.138. The minimum Gasteiger partial charge on any atom is -0.480 e. The van der Waals surface area contributed by atoms with Crippen molar-refractivity contribution < 1.29 is 19.4 Å². The Morgan fingerprint density at radius 1 is 1.48 bits per heavy atom. The maximum atomic E-state index is 11.5. The summed E-state index contributed by atoms with van der Waals surface area (Å²) in [6.07, 6.45) is 8.37. The fourth-order valence-corrected chi connectivity index (χ4v) is 1.99. The average molecular weight is 296 g/mol. The van der Waals surface area contributed by atoms with Gasteiger partial charge in [-0.2, -0.15) is 0 Å². The standard InChI is InChI=1S/C15H24N2O4/c1-11(12-6-2-3-7-12)10-21-15(20)17-9-5-4-8-13(16)14(18)19/h2-3,6,11,13H,4-5,7-10,16H2,1H3,(H,17,20)(H,18,19)/t11?,13-/m0/s1. The number of hydrogen-bond acceptors (Lipinski definition) is 4. The smallest absolute Gasteiger partial charge is 0.407 e. The molecular formula is C15H24N2O4. The molecule has 0 radical (unpaired) electrons. The molecule has 1 rings (SSSR count). The number of nitrogens with two attached hydrogens (primary N) is 1. The Morgan fingerprint density at radius 2 is 2.24 bits per heavy atom. The number of carboxylic acid groups (broad SMARTS) is 1. The van der Waals surface area contributed by atoms with Gasteiger partial charge in [0.2, 0.25) is 0 Å². The van der Waals surface area contributed by atoms with Crippen molar-refractivity contribution in [3.05, 3.63) is 23.8 Å². The summed E-state index contributed by atoms with van der Waals surface area (Å²) in [5.74, 6) is -0.772. The lowest BCUT2D eigenvalue weighted by Crippen LogP contribution is -2.30. The van der Waals surface area contributed by atoms with Gasteiger partial charge in [0.1, 0.15) is 6.04 Å². The zero-order valence-electron chi connectivity index (χ0n) is 12.4. The first-order valence-electron chi connectivity index (χ1n) is 7.25. The van der Waals surface area contributed by atoms with Crippen molar-refractivity contribution in [1.29, 1.82) is 0 Å². The summed E-state index contributed by atoms with van der Waals surface area (Å²) in [6, 6.07) is -0.828. The van der Waals surface area contributed by atoms with Gasteiger partial charge in [0.25, 0.3) is 0 Å². The highest BCUT2D eigenvalue weighted by Gasteiger charge is 2.13. The van der Waals surface area contributed by atoms with Gasteiger partial charge in [-0.25, -0.2) is 4.79 Å². The molecule has 0 fully saturated rings. The fraction of sp³-hybridized carbons (Fsp3) is 0.600. The van der Waals surface area contributed by atoms with Crippen molar-refractivity contribution in [2.24, 2.45) is 11.7 Å². The van der Waals surface area contributed by atoms with Crippen LogP contribution in [0.25, 0.3) is 0 Å². The summed E-state index contributed by atoms with van der Waals surface area (Å²) in [5, 5.41) is 11.3. The average Bonchev–Trinajstić information content (AvgIpc) is 2.98. The first kappa shape index (κ1) is 17.2. The number of carbonyl (C=O) groups is 2. The van der Waals surface area contributed by atoms with Crippen LogP contribution >= 0.6 is 0 Å². The molecule has 0 aromatic carbocycles. The number of aliphatic carboxylic acids is 1. The second-order valence-corrected chi connectivity index (χ2v) is 5.24. The normalized spacial score (nSPS) is 16.2. The van der Waals surface area contributed by atoms with Gasteiger partial charge in [-0.1, -0.05) is 30.7 Å². The highest BCUT2D eigenvalue weighted by molar-refractivity contribution is 5.72. The van der Waals surface area contributed by atoms with Gasteiger partial charge < -0.3 is 20.9 Å². The van der Waals surface area contributed by atoms with E-state index in [4.69, 9.17) is 15.6 Å². The Kier molecular flexibility index (Phi) is 7.53. The molecular weight excluding hydrogens is 272 g/mol. The van der Waals surface area contributed by atoms with E-state index < -0.39 is 18.1 Å². The monoisotopic (exact) mass is 296 g/mol. The number of ether oxygens (including phenoxy) is 1. The summed E-state index contributed by atoms with van der Waals surface area (Å²) < 4.78 is 5.14. The molecule has 0 saturated heterocycles. The van der Waals surface area contributed by atoms with Crippen LogP contribution < -0.4 is 11.1 Å². The van der Waals surface area contributed by atoms with E-state index in [9.17, 15) is 9.59 Å². The van der Waals surface area contributed by atoms with Gasteiger partial charge in [0, 0.05) is 12.5 Å². The van der Waals surface area contributed by atoms with Crippen molar-refractivity contribution in [1.82, 2.24) is 5.32 Å². The molecule has 1 aliphatic rings. The third-order valence-electron chi connectivity index (χ3n) is 3.43. The van der Waals surface area contributed by atoms with E-state index in [2.05, 4.69) is 17.5 Å². The van der Waals surface area contributed by atoms with E-state index >= 15 is 0 Å². The predicted molar refractivity (Wildman–Crippen MR) is 79.8 cm³/mol. The van der Waals surface area contributed by atoms with Gasteiger partial charge >= 0.3 is 12.1 Å². The van der Waals surface area contributed by atoms with E-state index in [1.165, 1.54) is 5.57 Å². The Hall–Kier alpha value is -1.82. The predicted octanol–water partition coefficient (Wildman–Crippen LogP) is 1.82. The number of unbranched alkanes of at least 4 members (excludes halogenated alkanes) is 1. The number of amides is 1. The Morgan fingerprint density at radius 3 is 2.86 bits per heavy atom. The summed E-state index contributed by atoms with van der Waals surface area (Å²) >= 11 is 0. The molecule has 0 spiro atoms. The molecule has 0 aromatic heterocycles. The van der Waals surface area contributed by atoms with Gasteiger partial charge in [0.05, 0.1) is 6.61 Å². The van der Waals surface area contributed by atoms with Gasteiger partial charge in [-0.15, -0.1) is 0 Å². The van der Waals surface area contributed by atoms with E-state index in [0.717, 1.165) is 6.42 Å². The highest BCUT2D eigenvalue weighted by atomic mass is 16.5. The van der Waals surface area contributed by atoms with Crippen LogP contribution in [-0.4, -0.2) is 36.4 Å². The number of allylic oxidation sites excluding steroid dienone is 3. The molecule has 4 N–H and O–H groups in total. The molecule has 0 aromatic rings. The minimum absolute atomic E-state index is 0.222. The van der Waals surface area contributed by atoms with Crippen molar-refractivity contribution in [3.8, 4) is 0 Å².